The second-order valence-electron chi connectivity index (χ2n) is 2.67. The van der Waals surface area contributed by atoms with Crippen LogP contribution in [0.25, 0.3) is 0 Å². The first-order chi connectivity index (χ1) is 4.74. The molecule has 1 nitrogen and oxygen atoms in total. The molecule has 0 atom stereocenters. The maximum absolute atomic E-state index is 8.74. The van der Waals surface area contributed by atoms with Crippen LogP contribution in [0.4, 0.5) is 0 Å². The van der Waals surface area contributed by atoms with Crippen molar-refractivity contribution in [3.63, 3.8) is 0 Å². The van der Waals surface area contributed by atoms with E-state index in [2.05, 4.69) is 19.9 Å². The topological polar surface area (TPSA) is 20.2 Å². The molecule has 0 saturated carbocycles. The van der Waals surface area contributed by atoms with Crippen LogP contribution in [0.2, 0.25) is 0 Å². The minimum Gasteiger partial charge on any atom is -0.392 e. The van der Waals surface area contributed by atoms with Crippen LogP contribution in [0, 0.1) is 0 Å². The van der Waals surface area contributed by atoms with Crippen molar-refractivity contribution in [3.05, 3.63) is 21.9 Å². The van der Waals surface area contributed by atoms with Crippen molar-refractivity contribution in [1.82, 2.24) is 0 Å². The van der Waals surface area contributed by atoms with Gasteiger partial charge in [-0.2, -0.15) is 0 Å². The third kappa shape index (κ3) is 1.58. The van der Waals surface area contributed by atoms with Gasteiger partial charge in [0.2, 0.25) is 0 Å². The standard InChI is InChI=1S/C8H12OS/c1-6(2)8-3-7(4-9)5-10-8/h3,5-6,9H,4H2,1-2H3. The lowest BCUT2D eigenvalue weighted by molar-refractivity contribution is 0.282. The number of aliphatic hydroxyl groups is 1. The first kappa shape index (κ1) is 7.76. The van der Waals surface area contributed by atoms with Crippen LogP contribution in [0.5, 0.6) is 0 Å². The van der Waals surface area contributed by atoms with E-state index in [9.17, 15) is 0 Å². The van der Waals surface area contributed by atoms with E-state index in [1.807, 2.05) is 5.38 Å². The lowest BCUT2D eigenvalue weighted by atomic mass is 10.1. The van der Waals surface area contributed by atoms with Crippen molar-refractivity contribution in [2.24, 2.45) is 0 Å². The van der Waals surface area contributed by atoms with Gasteiger partial charge in [0.1, 0.15) is 0 Å². The van der Waals surface area contributed by atoms with Crippen LogP contribution in [0.1, 0.15) is 30.2 Å². The molecule has 0 spiro atoms. The first-order valence-corrected chi connectivity index (χ1v) is 4.30. The summed E-state index contributed by atoms with van der Waals surface area (Å²) in [4.78, 5) is 1.35. The Morgan fingerprint density at radius 2 is 2.30 bits per heavy atom. The third-order valence-electron chi connectivity index (χ3n) is 1.43. The first-order valence-electron chi connectivity index (χ1n) is 3.42. The zero-order valence-corrected chi connectivity index (χ0v) is 7.11. The molecule has 0 aliphatic rings. The van der Waals surface area contributed by atoms with Gasteiger partial charge in [-0.3, -0.25) is 0 Å². The quantitative estimate of drug-likeness (QED) is 0.697. The zero-order chi connectivity index (χ0) is 7.56. The number of hydrogen-bond donors (Lipinski definition) is 1. The fourth-order valence-corrected chi connectivity index (χ4v) is 1.70. The summed E-state index contributed by atoms with van der Waals surface area (Å²) in [6.45, 7) is 4.49. The smallest absolute Gasteiger partial charge is 0.0690 e. The second kappa shape index (κ2) is 3.17. The van der Waals surface area contributed by atoms with Gasteiger partial charge in [0.25, 0.3) is 0 Å². The Bertz CT molecular complexity index is 203. The van der Waals surface area contributed by atoms with Crippen molar-refractivity contribution in [2.75, 3.05) is 0 Å². The van der Waals surface area contributed by atoms with Gasteiger partial charge < -0.3 is 5.11 Å². The van der Waals surface area contributed by atoms with Crippen LogP contribution in [0.15, 0.2) is 11.4 Å². The molecular formula is C8H12OS. The summed E-state index contributed by atoms with van der Waals surface area (Å²) in [5.74, 6) is 0.588. The summed E-state index contributed by atoms with van der Waals surface area (Å²) in [5, 5.41) is 10.7. The predicted molar refractivity (Wildman–Crippen MR) is 44.3 cm³/mol. The van der Waals surface area contributed by atoms with Gasteiger partial charge in [0.05, 0.1) is 6.61 Å². The fraction of sp³-hybridized carbons (Fsp3) is 0.500. The van der Waals surface area contributed by atoms with E-state index in [1.165, 1.54) is 4.88 Å². The van der Waals surface area contributed by atoms with Gasteiger partial charge >= 0.3 is 0 Å². The lowest BCUT2D eigenvalue weighted by Gasteiger charge is -1.96. The molecular weight excluding hydrogens is 144 g/mol. The van der Waals surface area contributed by atoms with Crippen LogP contribution < -0.4 is 0 Å². The molecule has 0 aliphatic carbocycles. The van der Waals surface area contributed by atoms with Crippen molar-refractivity contribution >= 4 is 11.3 Å². The summed E-state index contributed by atoms with van der Waals surface area (Å²) < 4.78 is 0. The molecule has 1 aromatic heterocycles. The molecule has 1 rings (SSSR count). The molecule has 0 amide bonds. The van der Waals surface area contributed by atoms with Crippen molar-refractivity contribution < 1.29 is 5.11 Å². The molecule has 0 bridgehead atoms. The molecule has 2 heteroatoms. The minimum absolute atomic E-state index is 0.170. The van der Waals surface area contributed by atoms with Gasteiger partial charge in [-0.05, 0) is 22.9 Å². The minimum atomic E-state index is 0.170. The monoisotopic (exact) mass is 156 g/mol. The van der Waals surface area contributed by atoms with Crippen molar-refractivity contribution in [3.8, 4) is 0 Å². The second-order valence-corrected chi connectivity index (χ2v) is 3.61. The fourth-order valence-electron chi connectivity index (χ4n) is 0.780. The van der Waals surface area contributed by atoms with Crippen LogP contribution >= 0.6 is 11.3 Å². The van der Waals surface area contributed by atoms with E-state index >= 15 is 0 Å². The Balaban J connectivity index is 2.78. The average molecular weight is 156 g/mol. The van der Waals surface area contributed by atoms with Crippen LogP contribution in [-0.4, -0.2) is 5.11 Å². The predicted octanol–water partition coefficient (Wildman–Crippen LogP) is 2.36. The molecule has 1 heterocycles. The number of thiophene rings is 1. The molecule has 10 heavy (non-hydrogen) atoms. The van der Waals surface area contributed by atoms with Gasteiger partial charge in [-0.15, -0.1) is 11.3 Å². The van der Waals surface area contributed by atoms with E-state index < -0.39 is 0 Å². The SMILES string of the molecule is CC(C)c1cc(CO)cs1. The van der Waals surface area contributed by atoms with Gasteiger partial charge in [-0.25, -0.2) is 0 Å². The Kier molecular flexibility index (Phi) is 2.46. The van der Waals surface area contributed by atoms with Gasteiger partial charge in [-0.1, -0.05) is 13.8 Å². The highest BCUT2D eigenvalue weighted by molar-refractivity contribution is 7.10. The number of aliphatic hydroxyl groups excluding tert-OH is 1. The Hall–Kier alpha value is -0.340. The Labute approximate surface area is 65.3 Å². The van der Waals surface area contributed by atoms with E-state index in [0.717, 1.165) is 5.56 Å². The Morgan fingerprint density at radius 1 is 1.60 bits per heavy atom. The highest BCUT2D eigenvalue weighted by Gasteiger charge is 2.01. The van der Waals surface area contributed by atoms with Crippen molar-refractivity contribution in [2.45, 2.75) is 26.4 Å². The maximum atomic E-state index is 8.74. The van der Waals surface area contributed by atoms with E-state index in [-0.39, 0.29) is 6.61 Å². The van der Waals surface area contributed by atoms with Crippen molar-refractivity contribution in [1.29, 1.82) is 0 Å². The van der Waals surface area contributed by atoms with E-state index in [4.69, 9.17) is 5.11 Å². The van der Waals surface area contributed by atoms with Gasteiger partial charge in [0, 0.05) is 4.88 Å². The summed E-state index contributed by atoms with van der Waals surface area (Å²) in [7, 11) is 0. The third-order valence-corrected chi connectivity index (χ3v) is 2.71. The number of hydrogen-bond acceptors (Lipinski definition) is 2. The molecule has 0 radical (unpaired) electrons. The van der Waals surface area contributed by atoms with E-state index in [1.54, 1.807) is 11.3 Å². The molecule has 1 N–H and O–H groups in total. The zero-order valence-electron chi connectivity index (χ0n) is 6.29. The number of rotatable bonds is 2. The molecule has 0 unspecified atom stereocenters. The van der Waals surface area contributed by atoms with Crippen LogP contribution in [-0.2, 0) is 6.61 Å². The molecule has 0 saturated heterocycles. The Morgan fingerprint density at radius 3 is 2.60 bits per heavy atom. The molecule has 0 aliphatic heterocycles. The average Bonchev–Trinajstić information content (AvgIpc) is 2.34. The summed E-state index contributed by atoms with van der Waals surface area (Å²) in [6.07, 6.45) is 0. The normalized spacial score (nSPS) is 10.8. The molecule has 56 valence electrons. The van der Waals surface area contributed by atoms with Crippen LogP contribution in [0.3, 0.4) is 0 Å². The summed E-state index contributed by atoms with van der Waals surface area (Å²) in [5.41, 5.74) is 1.04. The van der Waals surface area contributed by atoms with E-state index in [0.29, 0.717) is 5.92 Å². The summed E-state index contributed by atoms with van der Waals surface area (Å²) in [6, 6.07) is 2.06. The maximum Gasteiger partial charge on any atom is 0.0690 e. The highest BCUT2D eigenvalue weighted by atomic mass is 32.1. The summed E-state index contributed by atoms with van der Waals surface area (Å²) >= 11 is 1.72. The largest absolute Gasteiger partial charge is 0.392 e. The van der Waals surface area contributed by atoms with Gasteiger partial charge in [0.15, 0.2) is 0 Å². The molecule has 1 aromatic rings. The highest BCUT2D eigenvalue weighted by Crippen LogP contribution is 2.22. The molecule has 0 fully saturated rings. The molecule has 0 aromatic carbocycles. The lowest BCUT2D eigenvalue weighted by Crippen LogP contribution is -1.80.